The summed E-state index contributed by atoms with van der Waals surface area (Å²) in [7, 11) is 4.03. The van der Waals surface area contributed by atoms with Crippen molar-refractivity contribution in [3.63, 3.8) is 0 Å². The van der Waals surface area contributed by atoms with Crippen molar-refractivity contribution in [2.24, 2.45) is 69.9 Å². The van der Waals surface area contributed by atoms with E-state index in [0.29, 0.717) is 48.6 Å². The number of nitrogens with two attached hydrogens (primary N) is 6. The zero-order chi connectivity index (χ0) is 102. The number of anilines is 5. The normalized spacial score (nSPS) is 16.6. The van der Waals surface area contributed by atoms with Gasteiger partial charge in [-0.1, -0.05) is 109 Å². The summed E-state index contributed by atoms with van der Waals surface area (Å²) in [4.78, 5) is 109. The molecule has 30 nitrogen and oxygen atoms in total. The van der Waals surface area contributed by atoms with Crippen molar-refractivity contribution in [1.82, 2.24) is 65.0 Å². The third-order valence-electron chi connectivity index (χ3n) is 28.2. The molecule has 0 radical (unpaired) electrons. The Balaban J connectivity index is 0.000000177. The van der Waals surface area contributed by atoms with Gasteiger partial charge >= 0.3 is 36.2 Å². The molecule has 31 heteroatoms. The van der Waals surface area contributed by atoms with Crippen LogP contribution < -0.4 is 71.2 Å². The molecule has 0 bridgehead atoms. The van der Waals surface area contributed by atoms with E-state index in [4.69, 9.17) is 34.4 Å². The zero-order valence-corrected chi connectivity index (χ0v) is 85.4. The minimum absolute atomic E-state index is 0. The number of benzene rings is 5. The summed E-state index contributed by atoms with van der Waals surface area (Å²) in [6, 6.07) is 51.8. The van der Waals surface area contributed by atoms with Crippen molar-refractivity contribution >= 4 is 121 Å². The Hall–Kier alpha value is -13.2. The van der Waals surface area contributed by atoms with Crippen LogP contribution in [0.15, 0.2) is 265 Å². The first kappa shape index (κ1) is 113. The number of carbonyl (C=O) groups excluding carboxylic acids is 6. The highest BCUT2D eigenvalue weighted by Gasteiger charge is 2.33. The fourth-order valence-electron chi connectivity index (χ4n) is 19.4. The maximum absolute atomic E-state index is 12.7. The number of nitrogens with zero attached hydrogens (tertiary/aromatic N) is 12. The quantitative estimate of drug-likeness (QED) is 0.0203. The van der Waals surface area contributed by atoms with Crippen LogP contribution in [0.1, 0.15) is 133 Å². The molecule has 11 heterocycles. The number of rotatable bonds is 28. The van der Waals surface area contributed by atoms with E-state index in [9.17, 15) is 28.8 Å². The lowest BCUT2D eigenvalue weighted by Gasteiger charge is -2.34. The molecule has 0 spiro atoms. The van der Waals surface area contributed by atoms with E-state index in [0.717, 1.165) is 289 Å². The maximum Gasteiger partial charge on any atom is 0.321 e. The van der Waals surface area contributed by atoms with Crippen LogP contribution in [0.5, 0.6) is 0 Å². The minimum atomic E-state index is -0.0668. The number of para-hydroxylation sites is 2. The number of aryl methyl sites for hydroxylation is 1. The van der Waals surface area contributed by atoms with E-state index < -0.39 is 0 Å². The number of likely N-dealkylation sites (tertiary alicyclic amines) is 6. The number of nitrogens with one attached hydrogen (secondary N) is 6. The van der Waals surface area contributed by atoms with E-state index in [-0.39, 0.29) is 84.8 Å². The fourth-order valence-corrected chi connectivity index (χ4v) is 19.4. The first-order chi connectivity index (χ1) is 69.3. The molecular weight excluding hydrogens is 1820 g/mol. The molecule has 0 aliphatic carbocycles. The fraction of sp³-hybridized carbons (Fsp3) is 0.425. The molecular formula is C113H155ClN24O6. The lowest BCUT2D eigenvalue weighted by molar-refractivity contribution is 0.162. The predicted octanol–water partition coefficient (Wildman–Crippen LogP) is 18.8. The summed E-state index contributed by atoms with van der Waals surface area (Å²) >= 11 is 0. The second-order valence-corrected chi connectivity index (χ2v) is 38.4. The summed E-state index contributed by atoms with van der Waals surface area (Å²) in [5.41, 5.74) is 47.0. The number of carbonyl (C=O) groups is 6. The Bertz CT molecular complexity index is 5590. The number of hydrogen-bond donors (Lipinski definition) is 12. The third-order valence-corrected chi connectivity index (χ3v) is 28.2. The van der Waals surface area contributed by atoms with Gasteiger partial charge in [-0.3, -0.25) is 24.9 Å². The van der Waals surface area contributed by atoms with Crippen molar-refractivity contribution in [1.29, 1.82) is 0 Å². The Morgan fingerprint density at radius 1 is 0.368 bits per heavy atom. The van der Waals surface area contributed by atoms with E-state index in [1.807, 2.05) is 220 Å². The predicted molar refractivity (Wildman–Crippen MR) is 592 cm³/mol. The summed E-state index contributed by atoms with van der Waals surface area (Å²) in [6.45, 7) is 34.7. The number of piperidine rings is 6. The Morgan fingerprint density at radius 3 is 1.22 bits per heavy atom. The van der Waals surface area contributed by atoms with Crippen molar-refractivity contribution < 1.29 is 28.8 Å². The molecule has 18 N–H and O–H groups in total. The second kappa shape index (κ2) is 59.1. The number of amides is 12. The smallest absolute Gasteiger partial charge is 0.321 e. The van der Waals surface area contributed by atoms with Crippen molar-refractivity contribution in [3.05, 3.63) is 282 Å². The van der Waals surface area contributed by atoms with Crippen LogP contribution in [-0.4, -0.2) is 226 Å². The van der Waals surface area contributed by atoms with E-state index in [2.05, 4.69) is 125 Å². The monoisotopic (exact) mass is 1980 g/mol. The Morgan fingerprint density at radius 2 is 0.757 bits per heavy atom. The van der Waals surface area contributed by atoms with Gasteiger partial charge in [0, 0.05) is 223 Å². The van der Waals surface area contributed by atoms with Crippen molar-refractivity contribution in [2.45, 2.75) is 172 Å². The van der Waals surface area contributed by atoms with E-state index in [1.165, 1.54) is 0 Å². The van der Waals surface area contributed by atoms with Crippen LogP contribution in [0.2, 0.25) is 0 Å². The highest BCUT2D eigenvalue weighted by molar-refractivity contribution is 6.02. The number of fused-ring (bicyclic) bond motifs is 4. The van der Waals surface area contributed by atoms with Gasteiger partial charge in [0.15, 0.2) is 0 Å². The van der Waals surface area contributed by atoms with Gasteiger partial charge < -0.3 is 101 Å². The second-order valence-electron chi connectivity index (χ2n) is 38.4. The van der Waals surface area contributed by atoms with Crippen LogP contribution in [-0.2, 0) is 13.0 Å². The number of pyridine rings is 5. The van der Waals surface area contributed by atoms with Gasteiger partial charge in [-0.25, -0.2) is 28.8 Å². The highest BCUT2D eigenvalue weighted by atomic mass is 35.5. The van der Waals surface area contributed by atoms with Gasteiger partial charge in [0.1, 0.15) is 0 Å². The first-order valence-corrected chi connectivity index (χ1v) is 50.9. The molecule has 5 aromatic heterocycles. The molecule has 6 aliphatic heterocycles. The average Bonchev–Trinajstić information content (AvgIpc) is 0.804. The Kier molecular flexibility index (Phi) is 46.3. The van der Waals surface area contributed by atoms with Crippen molar-refractivity contribution in [3.8, 4) is 0 Å². The Labute approximate surface area is 857 Å². The molecule has 10 aromatic rings. The highest BCUT2D eigenvalue weighted by Crippen LogP contribution is 2.32. The summed E-state index contributed by atoms with van der Waals surface area (Å²) in [6.07, 6.45) is 37.3. The molecule has 6 unspecified atom stereocenters. The summed E-state index contributed by atoms with van der Waals surface area (Å²) < 4.78 is 0. The summed E-state index contributed by atoms with van der Waals surface area (Å²) in [5, 5.41) is 23.0. The van der Waals surface area contributed by atoms with E-state index >= 15 is 0 Å². The van der Waals surface area contributed by atoms with Gasteiger partial charge in [0.05, 0.1) is 39.8 Å². The first-order valence-electron chi connectivity index (χ1n) is 50.9. The maximum atomic E-state index is 12.7. The van der Waals surface area contributed by atoms with Crippen LogP contribution in [0.3, 0.4) is 0 Å². The standard InChI is InChI=1S/C20H26N4O.3C19H24N4O.C19H30N4O.C17H26N4O.ClH/c1-3-6-17(21)15-9-11-24(12-10-15)20(25)23-19-13-14(2)22-18-8-5-4-7-16(18)19;1-2-5-17(20)14-8-10-23(11-9-14)19(24)22-16-12-15-6-3-4-7-18(15)21-13-16;1-2-4-17(20)14-8-11-23(12-9-14)19(24)22-16-6-7-18-15(13-16)5-3-10-21-18;1-2-4-17(20)14-8-11-23(12-9-14)19(24)22-18-6-3-5-15-13-21-10-7-16(15)18;1-4-5-18(20)16-10-12-23(13-11-16)19(24)21-14-15-6-8-17(9-7-15)22(2)3;1-2-5-16(18)14-8-12-21(13-9-14)17(22)20-11-7-15-6-3-4-10-19-15;/h3-5,7-8,13,15,17H,1,6,9-12,21H2,2H3,(H,22,23,25);2-4,6-7,12-14,17H,1,5,8-11,20H2,(H,22,24);2*2-3,5-7,10,13-14,17H,1,4,8-9,11-12,20H2,(H,22,24);4,6-9,16,18H,1,5,10-14,20H2,2-3H3,(H,21,24);2-4,6,10,14,16H,1,5,7-9,11-13,18H2,(H,20,22);1H. The molecule has 12 amide bonds. The number of urea groups is 6. The minimum Gasteiger partial charge on any atom is -0.378 e. The van der Waals surface area contributed by atoms with E-state index in [1.54, 1.807) is 31.0 Å². The van der Waals surface area contributed by atoms with Gasteiger partial charge in [0.25, 0.3) is 0 Å². The molecule has 6 atom stereocenters. The van der Waals surface area contributed by atoms with Crippen LogP contribution >= 0.6 is 12.4 Å². The van der Waals surface area contributed by atoms with Crippen LogP contribution in [0, 0.1) is 42.4 Å². The molecule has 144 heavy (non-hydrogen) atoms. The number of halogens is 1. The largest absolute Gasteiger partial charge is 0.378 e. The van der Waals surface area contributed by atoms with Gasteiger partial charge in [0.2, 0.25) is 0 Å². The average molecular weight is 1980 g/mol. The number of aromatic nitrogens is 5. The zero-order valence-electron chi connectivity index (χ0n) is 84.6. The molecule has 5 aromatic carbocycles. The molecule has 16 rings (SSSR count). The molecule has 6 aliphatic rings. The lowest BCUT2D eigenvalue weighted by atomic mass is 9.88. The lowest BCUT2D eigenvalue weighted by Crippen LogP contribution is -2.47. The number of hydrogen-bond acceptors (Lipinski definition) is 18. The van der Waals surface area contributed by atoms with Gasteiger partial charge in [-0.05, 0) is 248 Å². The third kappa shape index (κ3) is 34.8. The topological polar surface area (TPSA) is 418 Å². The SMILES string of the molecule is C=CCC(N)C1CCN(C(=O)NCCc2ccccn2)CC1.C=CCC(N)C1CCN(C(=O)NCc2ccc(N(C)C)cc2)CC1.C=CCC(N)C1CCN(C(=O)Nc2cc(C)nc3ccccc23)CC1.C=CCC(N)C1CCN(C(=O)Nc2ccc3ncccc3c2)CC1.C=CCC(N)C1CCN(C(=O)Nc2cccc3cnccc23)CC1.C=CCC(N)C1CCN(C(=O)Nc2cnc3ccccc3c2)CC1.Cl. The van der Waals surface area contributed by atoms with Crippen LogP contribution in [0.25, 0.3) is 43.5 Å². The van der Waals surface area contributed by atoms with Crippen molar-refractivity contribution in [2.75, 3.05) is 125 Å². The molecule has 0 saturated carbocycles. The molecule has 6 saturated heterocycles. The summed E-state index contributed by atoms with van der Waals surface area (Å²) in [5.74, 6) is 2.86. The van der Waals surface area contributed by atoms with Gasteiger partial charge in [-0.2, -0.15) is 0 Å². The molecule has 6 fully saturated rings. The van der Waals surface area contributed by atoms with Crippen LogP contribution in [0.4, 0.5) is 57.2 Å². The molecule has 770 valence electrons. The van der Waals surface area contributed by atoms with Gasteiger partial charge in [-0.15, -0.1) is 51.9 Å².